The molecule has 0 aliphatic carbocycles. The highest BCUT2D eigenvalue weighted by Gasteiger charge is 2.06. The van der Waals surface area contributed by atoms with Crippen LogP contribution in [-0.2, 0) is 4.79 Å². The fourth-order valence-corrected chi connectivity index (χ4v) is 1.01. The molecule has 2 atom stereocenters. The van der Waals surface area contributed by atoms with Crippen LogP contribution in [0, 0.1) is 0 Å². The standard InChI is InChI=1S/C11H22N2O3/c1-8(2)11(16)13-7-10(15)6-12-5-4-9(3)14/h9-10,12,14-15H,1,4-7H2,2-3H3,(H,13,16). The minimum atomic E-state index is -0.628. The minimum absolute atomic E-state index is 0.202. The van der Waals surface area contributed by atoms with Crippen LogP contribution in [0.4, 0.5) is 0 Å². The smallest absolute Gasteiger partial charge is 0.246 e. The van der Waals surface area contributed by atoms with Crippen LogP contribution in [0.1, 0.15) is 20.3 Å². The van der Waals surface area contributed by atoms with Crippen molar-refractivity contribution in [2.24, 2.45) is 0 Å². The van der Waals surface area contributed by atoms with Gasteiger partial charge in [0.1, 0.15) is 0 Å². The molecule has 0 aliphatic rings. The molecular formula is C11H22N2O3. The van der Waals surface area contributed by atoms with Gasteiger partial charge in [0.2, 0.25) is 5.91 Å². The molecule has 16 heavy (non-hydrogen) atoms. The number of rotatable bonds is 8. The average molecular weight is 230 g/mol. The van der Waals surface area contributed by atoms with Crippen molar-refractivity contribution < 1.29 is 15.0 Å². The van der Waals surface area contributed by atoms with Gasteiger partial charge in [-0.2, -0.15) is 0 Å². The van der Waals surface area contributed by atoms with Crippen LogP contribution in [0.25, 0.3) is 0 Å². The molecule has 2 unspecified atom stereocenters. The van der Waals surface area contributed by atoms with E-state index in [1.807, 2.05) is 0 Å². The van der Waals surface area contributed by atoms with Gasteiger partial charge in [0.05, 0.1) is 12.2 Å². The Kier molecular flexibility index (Phi) is 7.80. The summed E-state index contributed by atoms with van der Waals surface area (Å²) in [5.41, 5.74) is 0.425. The summed E-state index contributed by atoms with van der Waals surface area (Å²) < 4.78 is 0. The highest BCUT2D eigenvalue weighted by atomic mass is 16.3. The Labute approximate surface area is 96.5 Å². The van der Waals surface area contributed by atoms with Crippen LogP contribution in [-0.4, -0.2) is 48.0 Å². The maximum Gasteiger partial charge on any atom is 0.246 e. The SMILES string of the molecule is C=C(C)C(=O)NCC(O)CNCCC(C)O. The molecule has 0 aromatic heterocycles. The summed E-state index contributed by atoms with van der Waals surface area (Å²) in [6, 6.07) is 0. The number of aliphatic hydroxyl groups is 2. The Morgan fingerprint density at radius 3 is 2.50 bits per heavy atom. The fraction of sp³-hybridized carbons (Fsp3) is 0.727. The predicted molar refractivity (Wildman–Crippen MR) is 63.0 cm³/mol. The van der Waals surface area contributed by atoms with Gasteiger partial charge in [0.25, 0.3) is 0 Å². The lowest BCUT2D eigenvalue weighted by atomic mass is 10.2. The van der Waals surface area contributed by atoms with Gasteiger partial charge in [-0.15, -0.1) is 0 Å². The van der Waals surface area contributed by atoms with Crippen molar-refractivity contribution in [3.8, 4) is 0 Å². The van der Waals surface area contributed by atoms with E-state index in [-0.39, 0.29) is 18.6 Å². The summed E-state index contributed by atoms with van der Waals surface area (Å²) in [4.78, 5) is 11.1. The van der Waals surface area contributed by atoms with Crippen molar-refractivity contribution in [3.63, 3.8) is 0 Å². The number of carbonyl (C=O) groups excluding carboxylic acids is 1. The summed E-state index contributed by atoms with van der Waals surface area (Å²) >= 11 is 0. The third-order valence-electron chi connectivity index (χ3n) is 2.00. The highest BCUT2D eigenvalue weighted by molar-refractivity contribution is 5.92. The van der Waals surface area contributed by atoms with Gasteiger partial charge in [0.15, 0.2) is 0 Å². The van der Waals surface area contributed by atoms with Crippen molar-refractivity contribution in [2.45, 2.75) is 32.5 Å². The molecule has 0 saturated carbocycles. The van der Waals surface area contributed by atoms with Crippen LogP contribution >= 0.6 is 0 Å². The first-order valence-corrected chi connectivity index (χ1v) is 5.44. The van der Waals surface area contributed by atoms with Crippen LogP contribution in [0.15, 0.2) is 12.2 Å². The van der Waals surface area contributed by atoms with Crippen molar-refractivity contribution in [1.82, 2.24) is 10.6 Å². The maximum atomic E-state index is 11.1. The lowest BCUT2D eigenvalue weighted by Crippen LogP contribution is -2.38. The molecule has 5 nitrogen and oxygen atoms in total. The number of aliphatic hydroxyl groups excluding tert-OH is 2. The normalized spacial score (nSPS) is 14.2. The first-order chi connectivity index (χ1) is 7.43. The van der Waals surface area contributed by atoms with Gasteiger partial charge < -0.3 is 20.8 Å². The average Bonchev–Trinajstić information content (AvgIpc) is 2.20. The second kappa shape index (κ2) is 8.27. The molecule has 0 rings (SSSR count). The number of hydrogen-bond donors (Lipinski definition) is 4. The molecule has 5 heteroatoms. The van der Waals surface area contributed by atoms with E-state index in [2.05, 4.69) is 17.2 Å². The van der Waals surface area contributed by atoms with Crippen molar-refractivity contribution in [3.05, 3.63) is 12.2 Å². The Morgan fingerprint density at radius 1 is 1.38 bits per heavy atom. The van der Waals surface area contributed by atoms with Crippen LogP contribution < -0.4 is 10.6 Å². The number of amides is 1. The van der Waals surface area contributed by atoms with E-state index >= 15 is 0 Å². The molecule has 0 radical (unpaired) electrons. The third kappa shape index (κ3) is 8.40. The molecule has 0 saturated heterocycles. The molecule has 0 heterocycles. The molecule has 0 bridgehead atoms. The Hall–Kier alpha value is -0.910. The van der Waals surface area contributed by atoms with Crippen LogP contribution in [0.5, 0.6) is 0 Å². The van der Waals surface area contributed by atoms with Crippen LogP contribution in [0.2, 0.25) is 0 Å². The van der Waals surface area contributed by atoms with E-state index in [0.717, 1.165) is 0 Å². The molecule has 94 valence electrons. The lowest BCUT2D eigenvalue weighted by molar-refractivity contribution is -0.117. The number of nitrogens with one attached hydrogen (secondary N) is 2. The van der Waals surface area contributed by atoms with Crippen molar-refractivity contribution in [2.75, 3.05) is 19.6 Å². The zero-order chi connectivity index (χ0) is 12.6. The molecule has 0 fully saturated rings. The Morgan fingerprint density at radius 2 is 2.00 bits per heavy atom. The van der Waals surface area contributed by atoms with E-state index in [1.165, 1.54) is 0 Å². The third-order valence-corrected chi connectivity index (χ3v) is 2.00. The largest absolute Gasteiger partial charge is 0.393 e. The van der Waals surface area contributed by atoms with Crippen molar-refractivity contribution in [1.29, 1.82) is 0 Å². The predicted octanol–water partition coefficient (Wildman–Crippen LogP) is -0.600. The van der Waals surface area contributed by atoms with E-state index < -0.39 is 6.10 Å². The lowest BCUT2D eigenvalue weighted by Gasteiger charge is -2.13. The number of carbonyl (C=O) groups is 1. The number of hydrogen-bond acceptors (Lipinski definition) is 4. The highest BCUT2D eigenvalue weighted by Crippen LogP contribution is 1.88. The first kappa shape index (κ1) is 15.1. The van der Waals surface area contributed by atoms with Gasteiger partial charge in [-0.1, -0.05) is 6.58 Å². The van der Waals surface area contributed by atoms with Gasteiger partial charge >= 0.3 is 0 Å². The summed E-state index contributed by atoms with van der Waals surface area (Å²) in [6.45, 7) is 8.05. The quantitative estimate of drug-likeness (QED) is 0.331. The monoisotopic (exact) mass is 230 g/mol. The van der Waals surface area contributed by atoms with Gasteiger partial charge in [-0.25, -0.2) is 0 Å². The molecule has 0 spiro atoms. The molecule has 4 N–H and O–H groups in total. The first-order valence-electron chi connectivity index (χ1n) is 5.44. The summed E-state index contributed by atoms with van der Waals surface area (Å²) in [7, 11) is 0. The molecule has 0 aliphatic heterocycles. The fourth-order valence-electron chi connectivity index (χ4n) is 1.01. The minimum Gasteiger partial charge on any atom is -0.393 e. The topological polar surface area (TPSA) is 81.6 Å². The van der Waals surface area contributed by atoms with Crippen LogP contribution in [0.3, 0.4) is 0 Å². The summed E-state index contributed by atoms with van der Waals surface area (Å²) in [5, 5.41) is 24.0. The van der Waals surface area contributed by atoms with Crippen molar-refractivity contribution >= 4 is 5.91 Å². The molecule has 0 aromatic carbocycles. The van der Waals surface area contributed by atoms with Gasteiger partial charge in [0, 0.05) is 18.7 Å². The second-order valence-electron chi connectivity index (χ2n) is 3.99. The van der Waals surface area contributed by atoms with E-state index in [1.54, 1.807) is 13.8 Å². The summed E-state index contributed by atoms with van der Waals surface area (Å²) in [6.07, 6.45) is -0.324. The van der Waals surface area contributed by atoms with Gasteiger partial charge in [-0.3, -0.25) is 4.79 Å². The van der Waals surface area contributed by atoms with E-state index in [9.17, 15) is 9.90 Å². The zero-order valence-electron chi connectivity index (χ0n) is 9.99. The zero-order valence-corrected chi connectivity index (χ0v) is 9.99. The Bertz CT molecular complexity index is 229. The Balaban J connectivity index is 3.48. The van der Waals surface area contributed by atoms with E-state index in [0.29, 0.717) is 25.1 Å². The maximum absolute atomic E-state index is 11.1. The summed E-state index contributed by atoms with van der Waals surface area (Å²) in [5.74, 6) is -0.247. The molecular weight excluding hydrogens is 208 g/mol. The van der Waals surface area contributed by atoms with E-state index in [4.69, 9.17) is 5.11 Å². The molecule has 0 aromatic rings. The van der Waals surface area contributed by atoms with Gasteiger partial charge in [-0.05, 0) is 26.8 Å². The second-order valence-corrected chi connectivity index (χ2v) is 3.99. The molecule has 1 amide bonds.